The molecular formula is C26H32N2O4. The second-order valence-corrected chi connectivity index (χ2v) is 8.41. The van der Waals surface area contributed by atoms with Crippen molar-refractivity contribution in [2.45, 2.75) is 58.2 Å². The minimum atomic E-state index is -0.479. The molecule has 1 aliphatic carbocycles. The van der Waals surface area contributed by atoms with Crippen LogP contribution in [0, 0.1) is 5.92 Å². The average molecular weight is 437 g/mol. The minimum absolute atomic E-state index is 0.0141. The summed E-state index contributed by atoms with van der Waals surface area (Å²) in [5, 5.41) is 0. The highest BCUT2D eigenvalue weighted by molar-refractivity contribution is 5.90. The molecule has 170 valence electrons. The van der Waals surface area contributed by atoms with Gasteiger partial charge in [-0.15, -0.1) is 0 Å². The van der Waals surface area contributed by atoms with Crippen molar-refractivity contribution >= 4 is 29.4 Å². The van der Waals surface area contributed by atoms with Gasteiger partial charge in [-0.05, 0) is 79.1 Å². The summed E-state index contributed by atoms with van der Waals surface area (Å²) in [5.74, 6) is 0.00474. The molecule has 2 aromatic carbocycles. The summed E-state index contributed by atoms with van der Waals surface area (Å²) in [6, 6.07) is 12.0. The number of rotatable bonds is 8. The van der Waals surface area contributed by atoms with E-state index in [-0.39, 0.29) is 18.7 Å². The fourth-order valence-electron chi connectivity index (χ4n) is 4.09. The zero-order valence-corrected chi connectivity index (χ0v) is 18.6. The summed E-state index contributed by atoms with van der Waals surface area (Å²) in [7, 11) is 0. The molecule has 6 nitrogen and oxygen atoms in total. The van der Waals surface area contributed by atoms with Gasteiger partial charge in [0.2, 0.25) is 0 Å². The summed E-state index contributed by atoms with van der Waals surface area (Å²) in [4.78, 5) is 24.4. The Bertz CT molecular complexity index is 925. The van der Waals surface area contributed by atoms with E-state index < -0.39 is 5.97 Å². The molecule has 0 unspecified atom stereocenters. The van der Waals surface area contributed by atoms with E-state index in [9.17, 15) is 9.59 Å². The molecular weight excluding hydrogens is 404 g/mol. The standard InChI is InChI=1S/C26H32N2O4/c1-2-3-18-6-11-24(12-7-18)32-26(30)21-9-4-19(5-10-21)8-13-25(29)31-17-20-14-22(27)16-23(28)15-20/h4-5,8-10,13-16,18,24H,2-3,6-7,11-12,17,27-28H2,1H3/b13-8+. The van der Waals surface area contributed by atoms with Crippen molar-refractivity contribution in [3.63, 3.8) is 0 Å². The molecule has 0 aliphatic heterocycles. The van der Waals surface area contributed by atoms with Crippen LogP contribution in [0.2, 0.25) is 0 Å². The number of nitrogens with two attached hydrogens (primary N) is 2. The van der Waals surface area contributed by atoms with Crippen LogP contribution in [-0.2, 0) is 20.9 Å². The fourth-order valence-corrected chi connectivity index (χ4v) is 4.09. The van der Waals surface area contributed by atoms with Crippen LogP contribution in [0.3, 0.4) is 0 Å². The molecule has 1 fully saturated rings. The molecule has 0 spiro atoms. The maximum atomic E-state index is 12.4. The number of hydrogen-bond donors (Lipinski definition) is 2. The molecule has 6 heteroatoms. The summed E-state index contributed by atoms with van der Waals surface area (Å²) in [6.07, 6.45) is 9.64. The lowest BCUT2D eigenvalue weighted by Crippen LogP contribution is -2.24. The second-order valence-electron chi connectivity index (χ2n) is 8.41. The van der Waals surface area contributed by atoms with Gasteiger partial charge in [0.1, 0.15) is 12.7 Å². The van der Waals surface area contributed by atoms with Gasteiger partial charge in [0, 0.05) is 17.5 Å². The topological polar surface area (TPSA) is 105 Å². The fraction of sp³-hybridized carbons (Fsp3) is 0.385. The Balaban J connectivity index is 1.45. The summed E-state index contributed by atoms with van der Waals surface area (Å²) < 4.78 is 10.9. The minimum Gasteiger partial charge on any atom is -0.459 e. The van der Waals surface area contributed by atoms with Crippen molar-refractivity contribution in [1.82, 2.24) is 0 Å². The van der Waals surface area contributed by atoms with Gasteiger partial charge in [0.05, 0.1) is 5.56 Å². The first-order valence-corrected chi connectivity index (χ1v) is 11.2. The zero-order chi connectivity index (χ0) is 22.9. The molecule has 32 heavy (non-hydrogen) atoms. The second kappa shape index (κ2) is 11.4. The van der Waals surface area contributed by atoms with Crippen LogP contribution >= 0.6 is 0 Å². The number of hydrogen-bond acceptors (Lipinski definition) is 6. The molecule has 2 aromatic rings. The van der Waals surface area contributed by atoms with Crippen LogP contribution in [0.1, 0.15) is 66.9 Å². The summed E-state index contributed by atoms with van der Waals surface area (Å²) >= 11 is 0. The third kappa shape index (κ3) is 7.15. The van der Waals surface area contributed by atoms with Gasteiger partial charge in [-0.3, -0.25) is 0 Å². The molecule has 0 aromatic heterocycles. The van der Waals surface area contributed by atoms with Crippen LogP contribution in [0.15, 0.2) is 48.5 Å². The highest BCUT2D eigenvalue weighted by atomic mass is 16.5. The Labute approximate surface area is 189 Å². The smallest absolute Gasteiger partial charge is 0.338 e. The number of carbonyl (C=O) groups excluding carboxylic acids is 2. The molecule has 1 saturated carbocycles. The van der Waals surface area contributed by atoms with Crippen molar-refractivity contribution in [3.05, 3.63) is 65.2 Å². The van der Waals surface area contributed by atoms with Crippen molar-refractivity contribution in [2.24, 2.45) is 5.92 Å². The Morgan fingerprint density at radius 2 is 1.66 bits per heavy atom. The first-order chi connectivity index (χ1) is 15.4. The van der Waals surface area contributed by atoms with E-state index >= 15 is 0 Å². The normalized spacial score (nSPS) is 18.4. The van der Waals surface area contributed by atoms with E-state index in [4.69, 9.17) is 20.9 Å². The number of benzene rings is 2. The lowest BCUT2D eigenvalue weighted by atomic mass is 9.85. The lowest BCUT2D eigenvalue weighted by Gasteiger charge is -2.28. The number of anilines is 2. The molecule has 0 bridgehead atoms. The maximum absolute atomic E-state index is 12.4. The quantitative estimate of drug-likeness (QED) is 0.338. The van der Waals surface area contributed by atoms with Gasteiger partial charge in [-0.1, -0.05) is 31.9 Å². The van der Waals surface area contributed by atoms with Gasteiger partial charge >= 0.3 is 11.9 Å². The van der Waals surface area contributed by atoms with Gasteiger partial charge in [0.15, 0.2) is 0 Å². The van der Waals surface area contributed by atoms with E-state index in [1.165, 1.54) is 18.9 Å². The Hall–Kier alpha value is -3.28. The van der Waals surface area contributed by atoms with E-state index in [0.29, 0.717) is 16.9 Å². The Morgan fingerprint density at radius 3 is 2.28 bits per heavy atom. The third-order valence-corrected chi connectivity index (χ3v) is 5.74. The Kier molecular flexibility index (Phi) is 8.31. The van der Waals surface area contributed by atoms with Crippen LogP contribution in [0.25, 0.3) is 6.08 Å². The third-order valence-electron chi connectivity index (χ3n) is 5.74. The van der Waals surface area contributed by atoms with Crippen LogP contribution in [0.5, 0.6) is 0 Å². The van der Waals surface area contributed by atoms with Crippen LogP contribution in [0.4, 0.5) is 11.4 Å². The van der Waals surface area contributed by atoms with Crippen LogP contribution < -0.4 is 11.5 Å². The van der Waals surface area contributed by atoms with Crippen molar-refractivity contribution < 1.29 is 19.1 Å². The first kappa shape index (κ1) is 23.4. The molecule has 0 saturated heterocycles. The lowest BCUT2D eigenvalue weighted by molar-refractivity contribution is -0.138. The zero-order valence-electron chi connectivity index (χ0n) is 18.6. The van der Waals surface area contributed by atoms with Gasteiger partial charge in [-0.2, -0.15) is 0 Å². The molecule has 0 heterocycles. The molecule has 1 aliphatic rings. The SMILES string of the molecule is CCCC1CCC(OC(=O)c2ccc(/C=C/C(=O)OCc3cc(N)cc(N)c3)cc2)CC1. The van der Waals surface area contributed by atoms with Gasteiger partial charge < -0.3 is 20.9 Å². The molecule has 0 amide bonds. The first-order valence-electron chi connectivity index (χ1n) is 11.2. The molecule has 4 N–H and O–H groups in total. The summed E-state index contributed by atoms with van der Waals surface area (Å²) in [6.45, 7) is 2.30. The van der Waals surface area contributed by atoms with E-state index in [2.05, 4.69) is 6.92 Å². The van der Waals surface area contributed by atoms with Crippen molar-refractivity contribution in [1.29, 1.82) is 0 Å². The molecule has 3 rings (SSSR count). The van der Waals surface area contributed by atoms with Gasteiger partial charge in [0.25, 0.3) is 0 Å². The number of ether oxygens (including phenoxy) is 2. The monoisotopic (exact) mass is 436 g/mol. The van der Waals surface area contributed by atoms with Crippen molar-refractivity contribution in [2.75, 3.05) is 11.5 Å². The van der Waals surface area contributed by atoms with E-state index in [1.54, 1.807) is 48.5 Å². The predicted octanol–water partition coefficient (Wildman–Crippen LogP) is 5.12. The summed E-state index contributed by atoms with van der Waals surface area (Å²) in [5.41, 5.74) is 14.5. The van der Waals surface area contributed by atoms with E-state index in [0.717, 1.165) is 42.7 Å². The average Bonchev–Trinajstić information content (AvgIpc) is 2.77. The highest BCUT2D eigenvalue weighted by Gasteiger charge is 2.23. The number of esters is 2. The number of carbonyl (C=O) groups is 2. The predicted molar refractivity (Wildman–Crippen MR) is 127 cm³/mol. The Morgan fingerprint density at radius 1 is 1.00 bits per heavy atom. The van der Waals surface area contributed by atoms with E-state index in [1.807, 2.05) is 0 Å². The number of nitrogen functional groups attached to an aromatic ring is 2. The molecule has 0 radical (unpaired) electrons. The van der Waals surface area contributed by atoms with Gasteiger partial charge in [-0.25, -0.2) is 9.59 Å². The maximum Gasteiger partial charge on any atom is 0.338 e. The largest absolute Gasteiger partial charge is 0.459 e. The van der Waals surface area contributed by atoms with Crippen molar-refractivity contribution in [3.8, 4) is 0 Å². The molecule has 0 atom stereocenters. The highest BCUT2D eigenvalue weighted by Crippen LogP contribution is 2.29. The van der Waals surface area contributed by atoms with Crippen LogP contribution in [-0.4, -0.2) is 18.0 Å².